The van der Waals surface area contributed by atoms with E-state index in [1.54, 1.807) is 43.1 Å². The summed E-state index contributed by atoms with van der Waals surface area (Å²) in [6, 6.07) is 7.25. The Kier molecular flexibility index (Phi) is 6.19. The van der Waals surface area contributed by atoms with Crippen LogP contribution in [-0.4, -0.2) is 81.6 Å². The topological polar surface area (TPSA) is 94.7 Å². The average Bonchev–Trinajstić information content (AvgIpc) is 3.51. The third-order valence-electron chi connectivity index (χ3n) is 6.85. The zero-order chi connectivity index (χ0) is 24.5. The fourth-order valence-corrected chi connectivity index (χ4v) is 4.86. The quantitative estimate of drug-likeness (QED) is 0.558. The summed E-state index contributed by atoms with van der Waals surface area (Å²) in [6.45, 7) is 2.79. The van der Waals surface area contributed by atoms with E-state index in [1.807, 2.05) is 27.8 Å². The molecule has 1 saturated heterocycles. The Bertz CT molecular complexity index is 1250. The summed E-state index contributed by atoms with van der Waals surface area (Å²) >= 11 is 0. The summed E-state index contributed by atoms with van der Waals surface area (Å²) in [5, 5.41) is 8.95. The van der Waals surface area contributed by atoms with E-state index in [0.29, 0.717) is 54.6 Å². The maximum Gasteiger partial charge on any atom is 0.272 e. The fourth-order valence-electron chi connectivity index (χ4n) is 4.86. The van der Waals surface area contributed by atoms with E-state index in [1.165, 1.54) is 0 Å². The Morgan fingerprint density at radius 1 is 0.914 bits per heavy atom. The van der Waals surface area contributed by atoms with Crippen LogP contribution in [0.5, 0.6) is 11.5 Å². The minimum Gasteiger partial charge on any atom is -0.497 e. The van der Waals surface area contributed by atoms with E-state index < -0.39 is 0 Å². The van der Waals surface area contributed by atoms with Crippen molar-refractivity contribution in [3.05, 3.63) is 47.4 Å². The summed E-state index contributed by atoms with van der Waals surface area (Å²) < 4.78 is 14.4. The van der Waals surface area contributed by atoms with Gasteiger partial charge in [-0.25, -0.2) is 0 Å². The fraction of sp³-hybridized carbons (Fsp3) is 0.440. The molecule has 5 rings (SSSR count). The van der Waals surface area contributed by atoms with Gasteiger partial charge in [0, 0.05) is 45.3 Å². The lowest BCUT2D eigenvalue weighted by Crippen LogP contribution is -2.51. The van der Waals surface area contributed by atoms with Gasteiger partial charge in [0.05, 0.1) is 37.4 Å². The molecule has 0 atom stereocenters. The van der Waals surface area contributed by atoms with Gasteiger partial charge in [0.25, 0.3) is 11.8 Å². The van der Waals surface area contributed by atoms with E-state index in [9.17, 15) is 9.59 Å². The van der Waals surface area contributed by atoms with Crippen LogP contribution in [0.4, 0.5) is 0 Å². The van der Waals surface area contributed by atoms with Crippen LogP contribution in [0, 0.1) is 0 Å². The molecule has 0 N–H and O–H groups in total. The summed E-state index contributed by atoms with van der Waals surface area (Å²) in [4.78, 5) is 30.1. The highest BCUT2D eigenvalue weighted by atomic mass is 16.5. The van der Waals surface area contributed by atoms with E-state index >= 15 is 0 Å². The van der Waals surface area contributed by atoms with Crippen LogP contribution >= 0.6 is 0 Å². The molecule has 10 heteroatoms. The maximum atomic E-state index is 13.3. The molecule has 0 spiro atoms. The maximum absolute atomic E-state index is 13.3. The highest BCUT2D eigenvalue weighted by molar-refractivity contribution is 5.96. The Morgan fingerprint density at radius 3 is 2.37 bits per heavy atom. The van der Waals surface area contributed by atoms with E-state index in [2.05, 4.69) is 10.2 Å². The lowest BCUT2D eigenvalue weighted by atomic mass is 10.1. The largest absolute Gasteiger partial charge is 0.497 e. The number of hydrogen-bond donors (Lipinski definition) is 0. The molecule has 2 amide bonds. The number of nitrogens with zero attached hydrogens (tertiary/aromatic N) is 6. The monoisotopic (exact) mass is 478 g/mol. The molecular weight excluding hydrogens is 448 g/mol. The zero-order valence-corrected chi connectivity index (χ0v) is 20.4. The minimum atomic E-state index is -0.108. The van der Waals surface area contributed by atoms with Crippen molar-refractivity contribution < 1.29 is 19.1 Å². The number of aromatic nitrogens is 4. The molecule has 4 heterocycles. The van der Waals surface area contributed by atoms with Crippen LogP contribution in [-0.2, 0) is 20.0 Å². The van der Waals surface area contributed by atoms with Gasteiger partial charge in [-0.2, -0.15) is 10.2 Å². The van der Waals surface area contributed by atoms with Crippen LogP contribution in [0.2, 0.25) is 0 Å². The molecule has 0 aliphatic carbocycles. The molecule has 1 aromatic carbocycles. The Hall–Kier alpha value is -3.82. The van der Waals surface area contributed by atoms with Crippen molar-refractivity contribution in [3.63, 3.8) is 0 Å². The smallest absolute Gasteiger partial charge is 0.272 e. The van der Waals surface area contributed by atoms with Crippen LogP contribution in [0.15, 0.2) is 30.5 Å². The molecule has 0 saturated carbocycles. The first-order valence-electron chi connectivity index (χ1n) is 11.9. The zero-order valence-electron chi connectivity index (χ0n) is 20.4. The van der Waals surface area contributed by atoms with Crippen molar-refractivity contribution in [3.8, 4) is 22.8 Å². The van der Waals surface area contributed by atoms with Crippen molar-refractivity contribution in [2.45, 2.75) is 25.8 Å². The number of amides is 2. The Morgan fingerprint density at radius 2 is 1.66 bits per heavy atom. The highest BCUT2D eigenvalue weighted by Crippen LogP contribution is 2.33. The summed E-state index contributed by atoms with van der Waals surface area (Å²) in [7, 11) is 4.96. The second-order valence-corrected chi connectivity index (χ2v) is 8.87. The number of benzene rings is 1. The molecule has 10 nitrogen and oxygen atoms in total. The summed E-state index contributed by atoms with van der Waals surface area (Å²) in [5.74, 6) is 1.23. The van der Waals surface area contributed by atoms with E-state index in [4.69, 9.17) is 9.47 Å². The van der Waals surface area contributed by atoms with E-state index in [0.717, 1.165) is 37.1 Å². The molecule has 3 aromatic rings. The number of hydrogen-bond acceptors (Lipinski definition) is 6. The predicted octanol–water partition coefficient (Wildman–Crippen LogP) is 2.24. The molecule has 2 aromatic heterocycles. The van der Waals surface area contributed by atoms with Crippen LogP contribution < -0.4 is 9.47 Å². The van der Waals surface area contributed by atoms with Gasteiger partial charge in [-0.1, -0.05) is 0 Å². The number of fused-ring (bicyclic) bond motifs is 1. The first-order valence-corrected chi connectivity index (χ1v) is 11.9. The molecule has 35 heavy (non-hydrogen) atoms. The Labute approximate surface area is 204 Å². The van der Waals surface area contributed by atoms with Gasteiger partial charge in [-0.3, -0.25) is 19.0 Å². The van der Waals surface area contributed by atoms with Crippen LogP contribution in [0.1, 0.15) is 39.4 Å². The second-order valence-electron chi connectivity index (χ2n) is 8.87. The van der Waals surface area contributed by atoms with Gasteiger partial charge in [-0.05, 0) is 43.5 Å². The first kappa shape index (κ1) is 22.9. The van der Waals surface area contributed by atoms with Crippen molar-refractivity contribution in [1.29, 1.82) is 0 Å². The molecule has 0 radical (unpaired) electrons. The molecule has 184 valence electrons. The van der Waals surface area contributed by atoms with Crippen molar-refractivity contribution in [2.24, 2.45) is 7.05 Å². The van der Waals surface area contributed by atoms with E-state index in [-0.39, 0.29) is 11.8 Å². The molecule has 0 bridgehead atoms. The lowest BCUT2D eigenvalue weighted by molar-refractivity contribution is 0.0528. The third kappa shape index (κ3) is 4.24. The third-order valence-corrected chi connectivity index (χ3v) is 6.85. The SMILES string of the molecule is COc1ccc(OC)c(-c2cc(C(=O)N3CCN(C(=O)c4cnn5c4CCCC5)CC3)n(C)n2)c1. The lowest BCUT2D eigenvalue weighted by Gasteiger charge is -2.34. The summed E-state index contributed by atoms with van der Waals surface area (Å²) in [5.41, 5.74) is 3.60. The normalized spacial score (nSPS) is 15.6. The minimum absolute atomic E-state index is 0.00758. The molecule has 1 fully saturated rings. The number of methoxy groups -OCH3 is 2. The number of piperazine rings is 1. The number of carbonyl (C=O) groups is 2. The van der Waals surface area contributed by atoms with Gasteiger partial charge >= 0.3 is 0 Å². The van der Waals surface area contributed by atoms with Crippen LogP contribution in [0.25, 0.3) is 11.3 Å². The first-order chi connectivity index (χ1) is 17.0. The van der Waals surface area contributed by atoms with Gasteiger partial charge in [0.2, 0.25) is 0 Å². The van der Waals surface area contributed by atoms with Crippen molar-refractivity contribution >= 4 is 11.8 Å². The average molecular weight is 479 g/mol. The van der Waals surface area contributed by atoms with Gasteiger partial charge in [0.1, 0.15) is 17.2 Å². The van der Waals surface area contributed by atoms with Crippen LogP contribution in [0.3, 0.4) is 0 Å². The molecule has 2 aliphatic rings. The number of carbonyl (C=O) groups excluding carboxylic acids is 2. The Balaban J connectivity index is 1.29. The van der Waals surface area contributed by atoms with Gasteiger partial charge in [-0.15, -0.1) is 0 Å². The second kappa shape index (κ2) is 9.44. The molecule has 2 aliphatic heterocycles. The molecule has 0 unspecified atom stereocenters. The highest BCUT2D eigenvalue weighted by Gasteiger charge is 2.30. The van der Waals surface area contributed by atoms with Crippen molar-refractivity contribution in [1.82, 2.24) is 29.4 Å². The summed E-state index contributed by atoms with van der Waals surface area (Å²) in [6.07, 6.45) is 4.77. The number of aryl methyl sites for hydroxylation is 2. The van der Waals surface area contributed by atoms with Gasteiger partial charge < -0.3 is 19.3 Å². The standard InChI is InChI=1S/C25H30N6O4/c1-28-22(15-20(27-28)18-14-17(34-2)7-8-23(18)35-3)25(33)30-12-10-29(11-13-30)24(32)19-16-26-31-9-5-4-6-21(19)31/h7-8,14-16H,4-6,9-13H2,1-3H3. The number of rotatable bonds is 5. The van der Waals surface area contributed by atoms with Gasteiger partial charge in [0.15, 0.2) is 0 Å². The molecular formula is C25H30N6O4. The van der Waals surface area contributed by atoms with Crippen molar-refractivity contribution in [2.75, 3.05) is 40.4 Å². The predicted molar refractivity (Wildman–Crippen MR) is 129 cm³/mol. The number of ether oxygens (including phenoxy) is 2.